The monoisotopic (exact) mass is 380 g/mol. The molecular weight excluding hydrogens is 356 g/mol. The molecule has 4 heterocycles. The highest BCUT2D eigenvalue weighted by Crippen LogP contribution is 2.31. The average Bonchev–Trinajstić information content (AvgIpc) is 3.39. The third-order valence-electron chi connectivity index (χ3n) is 5.75. The zero-order valence-corrected chi connectivity index (χ0v) is 16.2. The lowest BCUT2D eigenvalue weighted by atomic mass is 10.0. The van der Waals surface area contributed by atoms with E-state index < -0.39 is 0 Å². The number of ether oxygens (including phenoxy) is 2. The molecule has 0 aliphatic carbocycles. The normalized spacial score (nSPS) is 18.1. The summed E-state index contributed by atoms with van der Waals surface area (Å²) in [6, 6.07) is 7.03. The molecule has 8 heteroatoms. The minimum absolute atomic E-state index is 0.356. The highest BCUT2D eigenvalue weighted by atomic mass is 16.5. The van der Waals surface area contributed by atoms with E-state index in [1.165, 1.54) is 11.1 Å². The van der Waals surface area contributed by atoms with Gasteiger partial charge in [-0.3, -0.25) is 4.90 Å². The maximum Gasteiger partial charge on any atom is 0.259 e. The molecule has 28 heavy (non-hydrogen) atoms. The third kappa shape index (κ3) is 2.93. The van der Waals surface area contributed by atoms with Gasteiger partial charge in [-0.1, -0.05) is 12.1 Å². The molecule has 2 aromatic heterocycles. The number of benzene rings is 1. The van der Waals surface area contributed by atoms with E-state index in [2.05, 4.69) is 50.0 Å². The van der Waals surface area contributed by atoms with E-state index in [9.17, 15) is 0 Å². The zero-order chi connectivity index (χ0) is 19.1. The smallest absolute Gasteiger partial charge is 0.259 e. The van der Waals surface area contributed by atoms with E-state index in [1.54, 1.807) is 24.0 Å². The Morgan fingerprint density at radius 3 is 2.86 bits per heavy atom. The lowest BCUT2D eigenvalue weighted by Gasteiger charge is -2.37. The van der Waals surface area contributed by atoms with Gasteiger partial charge in [0.15, 0.2) is 0 Å². The molecular formula is C20H24N6O2. The summed E-state index contributed by atoms with van der Waals surface area (Å²) in [6.07, 6.45) is 4.49. The number of piperazine rings is 1. The first-order valence-electron chi connectivity index (χ1n) is 9.73. The Morgan fingerprint density at radius 2 is 2.04 bits per heavy atom. The van der Waals surface area contributed by atoms with Crippen molar-refractivity contribution in [2.45, 2.75) is 19.4 Å². The summed E-state index contributed by atoms with van der Waals surface area (Å²) in [5, 5.41) is 4.59. The van der Waals surface area contributed by atoms with Gasteiger partial charge < -0.3 is 14.4 Å². The van der Waals surface area contributed by atoms with Crippen LogP contribution in [0, 0.1) is 0 Å². The predicted octanol–water partition coefficient (Wildman–Crippen LogP) is 1.95. The van der Waals surface area contributed by atoms with Crippen molar-refractivity contribution in [2.24, 2.45) is 0 Å². The van der Waals surface area contributed by atoms with E-state index >= 15 is 0 Å². The quantitative estimate of drug-likeness (QED) is 0.685. The van der Waals surface area contributed by atoms with E-state index in [0.717, 1.165) is 50.9 Å². The summed E-state index contributed by atoms with van der Waals surface area (Å²) < 4.78 is 12.7. The number of nitrogens with zero attached hydrogens (tertiary/aromatic N) is 6. The summed E-state index contributed by atoms with van der Waals surface area (Å²) in [4.78, 5) is 13.6. The summed E-state index contributed by atoms with van der Waals surface area (Å²) in [7, 11) is 1.60. The molecule has 0 radical (unpaired) electrons. The van der Waals surface area contributed by atoms with Crippen LogP contribution in [0.25, 0.3) is 5.65 Å². The van der Waals surface area contributed by atoms with E-state index in [1.807, 2.05) is 0 Å². The highest BCUT2D eigenvalue weighted by molar-refractivity contribution is 5.52. The Morgan fingerprint density at radius 1 is 1.18 bits per heavy atom. The molecule has 8 nitrogen and oxygen atoms in total. The number of aromatic nitrogens is 4. The first-order chi connectivity index (χ1) is 13.7. The van der Waals surface area contributed by atoms with Crippen LogP contribution in [0.3, 0.4) is 0 Å². The fraction of sp³-hybridized carbons (Fsp3) is 0.450. The molecule has 0 saturated carbocycles. The molecule has 1 saturated heterocycles. The Kier molecular flexibility index (Phi) is 4.27. The van der Waals surface area contributed by atoms with Crippen LogP contribution >= 0.6 is 0 Å². The summed E-state index contributed by atoms with van der Waals surface area (Å²) in [5.74, 6) is 2.27. The SMILES string of the molecule is COc1nccn2nc(N3CCN(C(C)c4ccc5c(c4)OCC5)CC3)nc12. The summed E-state index contributed by atoms with van der Waals surface area (Å²) in [6.45, 7) is 6.77. The van der Waals surface area contributed by atoms with E-state index in [4.69, 9.17) is 9.47 Å². The van der Waals surface area contributed by atoms with Crippen molar-refractivity contribution in [3.63, 3.8) is 0 Å². The van der Waals surface area contributed by atoms with Crippen molar-refractivity contribution in [2.75, 3.05) is 44.8 Å². The first-order valence-corrected chi connectivity index (χ1v) is 9.73. The maximum absolute atomic E-state index is 5.74. The largest absolute Gasteiger partial charge is 0.493 e. The van der Waals surface area contributed by atoms with Gasteiger partial charge in [0, 0.05) is 51.0 Å². The van der Waals surface area contributed by atoms with Crippen molar-refractivity contribution >= 4 is 11.6 Å². The topological polar surface area (TPSA) is 68.0 Å². The molecule has 146 valence electrons. The van der Waals surface area contributed by atoms with Crippen molar-refractivity contribution in [1.29, 1.82) is 0 Å². The van der Waals surface area contributed by atoms with Crippen molar-refractivity contribution in [1.82, 2.24) is 24.5 Å². The molecule has 5 rings (SSSR count). The minimum atomic E-state index is 0.356. The van der Waals surface area contributed by atoms with Crippen LogP contribution in [0.4, 0.5) is 5.95 Å². The van der Waals surface area contributed by atoms with Crippen LogP contribution in [-0.4, -0.2) is 64.4 Å². The fourth-order valence-electron chi connectivity index (χ4n) is 4.02. The predicted molar refractivity (Wildman–Crippen MR) is 105 cm³/mol. The van der Waals surface area contributed by atoms with Crippen LogP contribution in [-0.2, 0) is 6.42 Å². The van der Waals surface area contributed by atoms with Crippen molar-refractivity contribution in [3.8, 4) is 11.6 Å². The molecule has 1 aromatic carbocycles. The van der Waals surface area contributed by atoms with Gasteiger partial charge in [0.2, 0.25) is 11.6 Å². The Hall–Kier alpha value is -2.87. The van der Waals surface area contributed by atoms with Gasteiger partial charge in [-0.15, -0.1) is 5.10 Å². The highest BCUT2D eigenvalue weighted by Gasteiger charge is 2.25. The number of fused-ring (bicyclic) bond motifs is 2. The van der Waals surface area contributed by atoms with Gasteiger partial charge in [-0.2, -0.15) is 4.98 Å². The van der Waals surface area contributed by atoms with Crippen LogP contribution in [0.2, 0.25) is 0 Å². The molecule has 0 N–H and O–H groups in total. The first kappa shape index (κ1) is 17.2. The molecule has 2 aliphatic heterocycles. The van der Waals surface area contributed by atoms with Crippen LogP contribution in [0.1, 0.15) is 24.1 Å². The molecule has 3 aromatic rings. The fourth-order valence-corrected chi connectivity index (χ4v) is 4.02. The lowest BCUT2D eigenvalue weighted by molar-refractivity contribution is 0.197. The van der Waals surface area contributed by atoms with Crippen molar-refractivity contribution in [3.05, 3.63) is 41.7 Å². The Bertz CT molecular complexity index is 996. The van der Waals surface area contributed by atoms with Crippen LogP contribution in [0.5, 0.6) is 11.6 Å². The number of hydrogen-bond acceptors (Lipinski definition) is 7. The van der Waals surface area contributed by atoms with Crippen LogP contribution < -0.4 is 14.4 Å². The van der Waals surface area contributed by atoms with Gasteiger partial charge in [-0.25, -0.2) is 9.50 Å². The minimum Gasteiger partial charge on any atom is -0.493 e. The van der Waals surface area contributed by atoms with Gasteiger partial charge in [0.1, 0.15) is 5.75 Å². The molecule has 0 spiro atoms. The van der Waals surface area contributed by atoms with E-state index in [-0.39, 0.29) is 0 Å². The standard InChI is InChI=1S/C20H24N6O2/c1-14(16-4-3-15-5-12-28-17(15)13-16)24-8-10-25(11-9-24)20-22-18-19(27-2)21-6-7-26(18)23-20/h3-4,6-7,13-14H,5,8-12H2,1-2H3. The molecule has 1 unspecified atom stereocenters. The second kappa shape index (κ2) is 6.94. The van der Waals surface area contributed by atoms with Crippen LogP contribution in [0.15, 0.2) is 30.6 Å². The Balaban J connectivity index is 1.28. The van der Waals surface area contributed by atoms with E-state index in [0.29, 0.717) is 17.6 Å². The number of rotatable bonds is 4. The number of methoxy groups -OCH3 is 1. The number of hydrogen-bond donors (Lipinski definition) is 0. The lowest BCUT2D eigenvalue weighted by Crippen LogP contribution is -2.47. The molecule has 2 aliphatic rings. The molecule has 0 bridgehead atoms. The average molecular weight is 380 g/mol. The number of anilines is 1. The second-order valence-electron chi connectivity index (χ2n) is 7.28. The maximum atomic E-state index is 5.74. The third-order valence-corrected chi connectivity index (χ3v) is 5.75. The second-order valence-corrected chi connectivity index (χ2v) is 7.28. The van der Waals surface area contributed by atoms with Gasteiger partial charge >= 0.3 is 0 Å². The van der Waals surface area contributed by atoms with Gasteiger partial charge in [0.25, 0.3) is 5.88 Å². The molecule has 1 atom stereocenters. The summed E-state index contributed by atoms with van der Waals surface area (Å²) in [5.41, 5.74) is 3.29. The molecule has 1 fully saturated rings. The van der Waals surface area contributed by atoms with Gasteiger partial charge in [-0.05, 0) is 24.1 Å². The summed E-state index contributed by atoms with van der Waals surface area (Å²) >= 11 is 0. The molecule has 0 amide bonds. The van der Waals surface area contributed by atoms with Crippen molar-refractivity contribution < 1.29 is 9.47 Å². The Labute approximate surface area is 163 Å². The zero-order valence-electron chi connectivity index (χ0n) is 16.2. The van der Waals surface area contributed by atoms with Gasteiger partial charge in [0.05, 0.1) is 13.7 Å².